The van der Waals surface area contributed by atoms with Gasteiger partial charge in [-0.3, -0.25) is 9.59 Å². The first-order chi connectivity index (χ1) is 11.5. The summed E-state index contributed by atoms with van der Waals surface area (Å²) in [6, 6.07) is 5.51. The molecule has 0 fully saturated rings. The van der Waals surface area contributed by atoms with Gasteiger partial charge < -0.3 is 19.8 Å². The van der Waals surface area contributed by atoms with E-state index in [0.29, 0.717) is 55.6 Å². The van der Waals surface area contributed by atoms with Crippen LogP contribution in [0.25, 0.3) is 10.9 Å². The highest BCUT2D eigenvalue weighted by atomic mass is 16.6. The molecule has 1 aliphatic heterocycles. The van der Waals surface area contributed by atoms with E-state index in [4.69, 9.17) is 9.47 Å². The molecule has 0 unspecified atom stereocenters. The molecule has 6 heteroatoms. The van der Waals surface area contributed by atoms with Crippen molar-refractivity contribution in [2.24, 2.45) is 5.92 Å². The summed E-state index contributed by atoms with van der Waals surface area (Å²) >= 11 is 0. The standard InChI is InChI=1S/C18H22N2O4/c1-11(2)7-17(21)19-4-3-12-8-13-9-15-16(24-6-5-23-15)10-14(13)20-18(12)22/h8-11H,3-7H2,1-2H3,(H,19,21)(H,20,22). The maximum Gasteiger partial charge on any atom is 0.251 e. The lowest BCUT2D eigenvalue weighted by molar-refractivity contribution is -0.121. The smallest absolute Gasteiger partial charge is 0.251 e. The third-order valence-electron chi connectivity index (χ3n) is 3.89. The second-order valence-electron chi connectivity index (χ2n) is 6.40. The SMILES string of the molecule is CC(C)CC(=O)NCCc1cc2cc3c(cc2[nH]c1=O)OCCO3. The first kappa shape index (κ1) is 16.4. The lowest BCUT2D eigenvalue weighted by Gasteiger charge is -2.18. The lowest BCUT2D eigenvalue weighted by Crippen LogP contribution is -2.28. The van der Waals surface area contributed by atoms with Gasteiger partial charge in [-0.1, -0.05) is 13.8 Å². The summed E-state index contributed by atoms with van der Waals surface area (Å²) < 4.78 is 11.1. The van der Waals surface area contributed by atoms with E-state index in [1.54, 1.807) is 6.07 Å². The Morgan fingerprint density at radius 1 is 1.21 bits per heavy atom. The molecular formula is C18H22N2O4. The summed E-state index contributed by atoms with van der Waals surface area (Å²) in [6.45, 7) is 5.48. The van der Waals surface area contributed by atoms with Gasteiger partial charge in [0.1, 0.15) is 13.2 Å². The van der Waals surface area contributed by atoms with Crippen LogP contribution in [0.3, 0.4) is 0 Å². The number of carbonyl (C=O) groups excluding carboxylic acids is 1. The zero-order valence-corrected chi connectivity index (χ0v) is 14.0. The molecule has 0 radical (unpaired) electrons. The van der Waals surface area contributed by atoms with Crippen LogP contribution in [-0.2, 0) is 11.2 Å². The Bertz CT molecular complexity index is 811. The number of hydrogen-bond donors (Lipinski definition) is 2. The summed E-state index contributed by atoms with van der Waals surface area (Å²) in [4.78, 5) is 26.8. The van der Waals surface area contributed by atoms with Crippen molar-refractivity contribution in [2.45, 2.75) is 26.7 Å². The van der Waals surface area contributed by atoms with E-state index in [-0.39, 0.29) is 11.5 Å². The third kappa shape index (κ3) is 3.69. The van der Waals surface area contributed by atoms with Gasteiger partial charge in [0.2, 0.25) is 5.91 Å². The predicted molar refractivity (Wildman–Crippen MR) is 91.7 cm³/mol. The molecule has 0 spiro atoms. The van der Waals surface area contributed by atoms with E-state index in [1.165, 1.54) is 0 Å². The monoisotopic (exact) mass is 330 g/mol. The molecule has 2 heterocycles. The molecule has 0 bridgehead atoms. The minimum absolute atomic E-state index is 0.0156. The summed E-state index contributed by atoms with van der Waals surface area (Å²) in [5.41, 5.74) is 1.22. The average Bonchev–Trinajstić information content (AvgIpc) is 2.53. The number of ether oxygens (including phenoxy) is 2. The Hall–Kier alpha value is -2.50. The zero-order valence-electron chi connectivity index (χ0n) is 14.0. The van der Waals surface area contributed by atoms with Gasteiger partial charge >= 0.3 is 0 Å². The van der Waals surface area contributed by atoms with Crippen molar-refractivity contribution in [3.8, 4) is 11.5 Å². The number of amides is 1. The van der Waals surface area contributed by atoms with Crippen LogP contribution in [0, 0.1) is 5.92 Å². The maximum atomic E-state index is 12.2. The first-order valence-electron chi connectivity index (χ1n) is 8.25. The lowest BCUT2D eigenvalue weighted by atomic mass is 10.1. The van der Waals surface area contributed by atoms with Crippen molar-refractivity contribution >= 4 is 16.8 Å². The second-order valence-corrected chi connectivity index (χ2v) is 6.40. The van der Waals surface area contributed by atoms with Crippen LogP contribution in [-0.4, -0.2) is 30.6 Å². The average molecular weight is 330 g/mol. The van der Waals surface area contributed by atoms with Crippen LogP contribution in [0.2, 0.25) is 0 Å². The van der Waals surface area contributed by atoms with Gasteiger partial charge in [0.05, 0.1) is 5.52 Å². The predicted octanol–water partition coefficient (Wildman–Crippen LogP) is 2.00. The second kappa shape index (κ2) is 6.95. The summed E-state index contributed by atoms with van der Waals surface area (Å²) in [7, 11) is 0. The fourth-order valence-corrected chi connectivity index (χ4v) is 2.75. The minimum atomic E-state index is -0.141. The third-order valence-corrected chi connectivity index (χ3v) is 3.89. The van der Waals surface area contributed by atoms with Crippen molar-refractivity contribution in [3.63, 3.8) is 0 Å². The minimum Gasteiger partial charge on any atom is -0.486 e. The van der Waals surface area contributed by atoms with Crippen LogP contribution in [0.15, 0.2) is 23.0 Å². The number of benzene rings is 1. The Balaban J connectivity index is 1.75. The molecule has 1 aliphatic rings. The molecular weight excluding hydrogens is 308 g/mol. The van der Waals surface area contributed by atoms with Crippen molar-refractivity contribution in [1.29, 1.82) is 0 Å². The molecule has 0 saturated heterocycles. The number of hydrogen-bond acceptors (Lipinski definition) is 4. The van der Waals surface area contributed by atoms with E-state index < -0.39 is 0 Å². The zero-order chi connectivity index (χ0) is 17.1. The molecule has 1 aromatic carbocycles. The molecule has 3 rings (SSSR count). The van der Waals surface area contributed by atoms with Crippen molar-refractivity contribution in [2.75, 3.05) is 19.8 Å². The van der Waals surface area contributed by atoms with Crippen LogP contribution in [0.1, 0.15) is 25.8 Å². The molecule has 24 heavy (non-hydrogen) atoms. The van der Waals surface area contributed by atoms with E-state index in [1.807, 2.05) is 26.0 Å². The number of rotatable bonds is 5. The molecule has 0 atom stereocenters. The van der Waals surface area contributed by atoms with Crippen LogP contribution >= 0.6 is 0 Å². The van der Waals surface area contributed by atoms with Gasteiger partial charge in [-0.25, -0.2) is 0 Å². The fourth-order valence-electron chi connectivity index (χ4n) is 2.75. The van der Waals surface area contributed by atoms with Gasteiger partial charge in [0.15, 0.2) is 11.5 Å². The van der Waals surface area contributed by atoms with Crippen LogP contribution < -0.4 is 20.3 Å². The van der Waals surface area contributed by atoms with Gasteiger partial charge in [-0.05, 0) is 24.5 Å². The molecule has 1 amide bonds. The van der Waals surface area contributed by atoms with Gasteiger partial charge in [-0.15, -0.1) is 0 Å². The van der Waals surface area contributed by atoms with Crippen molar-refractivity contribution in [1.82, 2.24) is 10.3 Å². The molecule has 128 valence electrons. The number of H-pyrrole nitrogens is 1. The molecule has 0 saturated carbocycles. The number of pyridine rings is 1. The molecule has 1 aromatic heterocycles. The largest absolute Gasteiger partial charge is 0.486 e. The summed E-state index contributed by atoms with van der Waals surface area (Å²) in [5.74, 6) is 1.68. The molecule has 2 aromatic rings. The Kier molecular flexibility index (Phi) is 4.74. The molecule has 6 nitrogen and oxygen atoms in total. The van der Waals surface area contributed by atoms with E-state index >= 15 is 0 Å². The van der Waals surface area contributed by atoms with Crippen molar-refractivity contribution < 1.29 is 14.3 Å². The molecule has 0 aliphatic carbocycles. The van der Waals surface area contributed by atoms with E-state index in [9.17, 15) is 9.59 Å². The van der Waals surface area contributed by atoms with Crippen LogP contribution in [0.5, 0.6) is 11.5 Å². The molecule has 2 N–H and O–H groups in total. The highest BCUT2D eigenvalue weighted by Gasteiger charge is 2.14. The Morgan fingerprint density at radius 3 is 2.62 bits per heavy atom. The van der Waals surface area contributed by atoms with Gasteiger partial charge in [-0.2, -0.15) is 0 Å². The quantitative estimate of drug-likeness (QED) is 0.879. The van der Waals surface area contributed by atoms with Crippen LogP contribution in [0.4, 0.5) is 0 Å². The fraction of sp³-hybridized carbons (Fsp3) is 0.444. The summed E-state index contributed by atoms with van der Waals surface area (Å²) in [6.07, 6.45) is 0.987. The van der Waals surface area contributed by atoms with Gasteiger partial charge in [0, 0.05) is 30.0 Å². The number of aromatic amines is 1. The summed E-state index contributed by atoms with van der Waals surface area (Å²) in [5, 5.41) is 3.74. The number of nitrogens with one attached hydrogen (secondary N) is 2. The number of aromatic nitrogens is 1. The maximum absolute atomic E-state index is 12.2. The Labute approximate surface area is 140 Å². The van der Waals surface area contributed by atoms with Crippen molar-refractivity contribution in [3.05, 3.63) is 34.1 Å². The highest BCUT2D eigenvalue weighted by Crippen LogP contribution is 2.33. The normalized spacial score (nSPS) is 13.3. The Morgan fingerprint density at radius 2 is 1.92 bits per heavy atom. The van der Waals surface area contributed by atoms with Gasteiger partial charge in [0.25, 0.3) is 5.56 Å². The van der Waals surface area contributed by atoms with E-state index in [0.717, 1.165) is 10.9 Å². The van der Waals surface area contributed by atoms with E-state index in [2.05, 4.69) is 10.3 Å². The first-order valence-corrected chi connectivity index (χ1v) is 8.25. The number of carbonyl (C=O) groups is 1. The highest BCUT2D eigenvalue weighted by molar-refractivity contribution is 5.83. The number of fused-ring (bicyclic) bond motifs is 2. The topological polar surface area (TPSA) is 80.4 Å².